The van der Waals surface area contributed by atoms with E-state index < -0.39 is 23.7 Å². The fourth-order valence-electron chi connectivity index (χ4n) is 2.96. The number of benzene rings is 1. The smallest absolute Gasteiger partial charge is 0.345 e. The summed E-state index contributed by atoms with van der Waals surface area (Å²) in [5.74, 6) is -2.58. The molecule has 0 unspecified atom stereocenters. The Morgan fingerprint density at radius 1 is 1.23 bits per heavy atom. The topological polar surface area (TPSA) is 103 Å². The molecule has 30 heavy (non-hydrogen) atoms. The van der Waals surface area contributed by atoms with Crippen LogP contribution in [0, 0.1) is 5.82 Å². The van der Waals surface area contributed by atoms with Crippen LogP contribution in [-0.2, 0) is 9.53 Å². The Bertz CT molecular complexity index is 1210. The van der Waals surface area contributed by atoms with Crippen LogP contribution in [0.1, 0.15) is 20.8 Å². The van der Waals surface area contributed by atoms with Crippen molar-refractivity contribution in [3.8, 4) is 0 Å². The Morgan fingerprint density at radius 3 is 2.67 bits per heavy atom. The summed E-state index contributed by atoms with van der Waals surface area (Å²) in [5.41, 5.74) is 5.35. The van der Waals surface area contributed by atoms with Crippen molar-refractivity contribution in [2.24, 2.45) is 5.73 Å². The summed E-state index contributed by atoms with van der Waals surface area (Å²) >= 11 is 7.02. The van der Waals surface area contributed by atoms with Crippen LogP contribution in [0.25, 0.3) is 11.3 Å². The summed E-state index contributed by atoms with van der Waals surface area (Å²) in [6, 6.07) is 7.39. The lowest BCUT2D eigenvalue weighted by Crippen LogP contribution is -2.38. The Labute approximate surface area is 178 Å². The summed E-state index contributed by atoms with van der Waals surface area (Å²) in [7, 11) is 0. The molecule has 1 aliphatic rings. The van der Waals surface area contributed by atoms with Gasteiger partial charge in [-0.25, -0.2) is 18.9 Å². The fourth-order valence-corrected chi connectivity index (χ4v) is 3.83. The van der Waals surface area contributed by atoms with Gasteiger partial charge in [0.1, 0.15) is 5.82 Å². The zero-order valence-electron chi connectivity index (χ0n) is 15.0. The molecule has 2 aromatic heterocycles. The van der Waals surface area contributed by atoms with E-state index >= 15 is 0 Å². The number of hydrogen-bond acceptors (Lipinski definition) is 6. The first-order valence-corrected chi connectivity index (χ1v) is 9.68. The molecule has 10 heteroatoms. The highest BCUT2D eigenvalue weighted by Gasteiger charge is 2.40. The molecule has 4 rings (SSSR count). The van der Waals surface area contributed by atoms with Gasteiger partial charge in [0.05, 0.1) is 26.7 Å². The summed E-state index contributed by atoms with van der Waals surface area (Å²) in [4.78, 5) is 42.6. The molecule has 0 saturated carbocycles. The third kappa shape index (κ3) is 3.34. The second kappa shape index (κ2) is 7.69. The molecule has 3 aromatic rings. The maximum absolute atomic E-state index is 14.2. The molecule has 0 spiro atoms. The van der Waals surface area contributed by atoms with E-state index in [9.17, 15) is 18.8 Å². The third-order valence-electron chi connectivity index (χ3n) is 4.25. The SMILES string of the molecule is NC(=O)N1C(=O)/C(=C(\OC(=O)c2cccnc2)c2cccs2)c2cc(F)c(Cl)cc21. The van der Waals surface area contributed by atoms with Crippen LogP contribution < -0.4 is 10.6 Å². The van der Waals surface area contributed by atoms with E-state index in [1.54, 1.807) is 23.6 Å². The molecule has 150 valence electrons. The normalized spacial score (nSPS) is 14.5. The number of amides is 3. The van der Waals surface area contributed by atoms with Gasteiger partial charge in [-0.1, -0.05) is 17.7 Å². The van der Waals surface area contributed by atoms with Gasteiger partial charge in [-0.05, 0) is 35.7 Å². The number of thiophene rings is 1. The number of rotatable bonds is 3. The van der Waals surface area contributed by atoms with Crippen LogP contribution in [0.2, 0.25) is 5.02 Å². The number of aromatic nitrogens is 1. The number of imide groups is 1. The number of hydrogen-bond donors (Lipinski definition) is 1. The van der Waals surface area contributed by atoms with Crippen LogP contribution >= 0.6 is 22.9 Å². The zero-order valence-corrected chi connectivity index (χ0v) is 16.5. The molecule has 3 amide bonds. The average molecular weight is 444 g/mol. The molecular formula is C20H11ClFN3O4S. The number of fused-ring (bicyclic) bond motifs is 1. The second-order valence-corrected chi connectivity index (χ2v) is 7.43. The van der Waals surface area contributed by atoms with Crippen molar-refractivity contribution < 1.29 is 23.5 Å². The molecule has 1 aromatic carbocycles. The number of carbonyl (C=O) groups excluding carboxylic acids is 3. The highest BCUT2D eigenvalue weighted by Crippen LogP contribution is 2.44. The largest absolute Gasteiger partial charge is 0.420 e. The number of nitrogens with zero attached hydrogens (tertiary/aromatic N) is 2. The van der Waals surface area contributed by atoms with Gasteiger partial charge in [0.2, 0.25) is 0 Å². The predicted molar refractivity (Wildman–Crippen MR) is 109 cm³/mol. The van der Waals surface area contributed by atoms with E-state index in [0.717, 1.165) is 12.1 Å². The first-order valence-electron chi connectivity index (χ1n) is 8.42. The Kier molecular flexibility index (Phi) is 5.06. The van der Waals surface area contributed by atoms with E-state index in [4.69, 9.17) is 22.1 Å². The molecule has 0 aliphatic carbocycles. The monoisotopic (exact) mass is 443 g/mol. The fraction of sp³-hybridized carbons (Fsp3) is 0. The second-order valence-electron chi connectivity index (χ2n) is 6.07. The van der Waals surface area contributed by atoms with Gasteiger partial charge < -0.3 is 10.5 Å². The van der Waals surface area contributed by atoms with E-state index in [-0.39, 0.29) is 33.2 Å². The quantitative estimate of drug-likeness (QED) is 0.373. The van der Waals surface area contributed by atoms with Crippen LogP contribution in [0.5, 0.6) is 0 Å². The number of carbonyl (C=O) groups is 3. The van der Waals surface area contributed by atoms with Gasteiger partial charge in [-0.15, -0.1) is 11.3 Å². The highest BCUT2D eigenvalue weighted by molar-refractivity contribution is 7.11. The number of nitrogens with two attached hydrogens (primary N) is 1. The van der Waals surface area contributed by atoms with Gasteiger partial charge in [-0.2, -0.15) is 0 Å². The third-order valence-corrected chi connectivity index (χ3v) is 5.41. The molecular weight excluding hydrogens is 433 g/mol. The number of urea groups is 1. The molecule has 7 nitrogen and oxygen atoms in total. The van der Waals surface area contributed by atoms with Crippen molar-refractivity contribution in [3.63, 3.8) is 0 Å². The minimum atomic E-state index is -1.08. The number of primary amides is 1. The van der Waals surface area contributed by atoms with Crippen molar-refractivity contribution in [2.75, 3.05) is 4.90 Å². The van der Waals surface area contributed by atoms with Crippen LogP contribution in [0.4, 0.5) is 14.9 Å². The van der Waals surface area contributed by atoms with Crippen molar-refractivity contribution >= 4 is 57.9 Å². The maximum atomic E-state index is 14.2. The summed E-state index contributed by atoms with van der Waals surface area (Å²) in [6.45, 7) is 0. The first kappa shape index (κ1) is 19.7. The standard InChI is InChI=1S/C20H11ClFN3O4S/c21-12-8-14-11(7-13(12)22)16(18(26)25(14)20(23)28)17(15-4-2-6-30-15)29-19(27)10-3-1-5-24-9-10/h1-9H,(H2,23,28)/b17-16-. The molecule has 0 atom stereocenters. The molecule has 0 bridgehead atoms. The molecule has 1 aliphatic heterocycles. The van der Waals surface area contributed by atoms with Gasteiger partial charge >= 0.3 is 12.0 Å². The van der Waals surface area contributed by atoms with E-state index in [1.807, 2.05) is 0 Å². The summed E-state index contributed by atoms with van der Waals surface area (Å²) in [5, 5.41) is 1.42. The minimum absolute atomic E-state index is 0.000355. The molecule has 3 heterocycles. The lowest BCUT2D eigenvalue weighted by atomic mass is 10.0. The van der Waals surface area contributed by atoms with Gasteiger partial charge in [0.25, 0.3) is 5.91 Å². The van der Waals surface area contributed by atoms with Crippen LogP contribution in [-0.4, -0.2) is 22.9 Å². The zero-order chi connectivity index (χ0) is 21.4. The van der Waals surface area contributed by atoms with Crippen LogP contribution in [0.3, 0.4) is 0 Å². The average Bonchev–Trinajstić information content (AvgIpc) is 3.34. The first-order chi connectivity index (χ1) is 14.4. The van der Waals surface area contributed by atoms with Crippen molar-refractivity contribution in [1.82, 2.24) is 4.98 Å². The predicted octanol–water partition coefficient (Wildman–Crippen LogP) is 4.09. The molecule has 0 radical (unpaired) electrons. The summed E-state index contributed by atoms with van der Waals surface area (Å²) in [6.07, 6.45) is 2.79. The van der Waals surface area contributed by atoms with Gasteiger partial charge in [-0.3, -0.25) is 9.78 Å². The van der Waals surface area contributed by atoms with Crippen molar-refractivity contribution in [2.45, 2.75) is 0 Å². The maximum Gasteiger partial charge on any atom is 0.345 e. The molecule has 2 N–H and O–H groups in total. The number of esters is 1. The lowest BCUT2D eigenvalue weighted by Gasteiger charge is -2.12. The number of halogens is 2. The lowest BCUT2D eigenvalue weighted by molar-refractivity contribution is -0.112. The number of pyridine rings is 1. The number of ether oxygens (including phenoxy) is 1. The highest BCUT2D eigenvalue weighted by atomic mass is 35.5. The Balaban J connectivity index is 1.94. The van der Waals surface area contributed by atoms with E-state index in [0.29, 0.717) is 9.78 Å². The number of anilines is 1. The van der Waals surface area contributed by atoms with Crippen molar-refractivity contribution in [3.05, 3.63) is 81.0 Å². The summed E-state index contributed by atoms with van der Waals surface area (Å²) < 4.78 is 19.8. The molecule has 0 fully saturated rings. The van der Waals surface area contributed by atoms with E-state index in [2.05, 4.69) is 4.98 Å². The van der Waals surface area contributed by atoms with Gasteiger partial charge in [0.15, 0.2) is 5.76 Å². The van der Waals surface area contributed by atoms with Crippen LogP contribution in [0.15, 0.2) is 54.2 Å². The Morgan fingerprint density at radius 2 is 2.03 bits per heavy atom. The minimum Gasteiger partial charge on any atom is -0.420 e. The Hall–Kier alpha value is -3.56. The van der Waals surface area contributed by atoms with E-state index in [1.165, 1.54) is 29.8 Å². The van der Waals surface area contributed by atoms with Crippen molar-refractivity contribution in [1.29, 1.82) is 0 Å². The van der Waals surface area contributed by atoms with Gasteiger partial charge in [0, 0.05) is 18.0 Å². The molecule has 0 saturated heterocycles.